The third-order valence-electron chi connectivity index (χ3n) is 4.73. The van der Waals surface area contributed by atoms with Gasteiger partial charge in [-0.3, -0.25) is 10.1 Å². The Morgan fingerprint density at radius 1 is 1.07 bits per heavy atom. The highest BCUT2D eigenvalue weighted by Crippen LogP contribution is 2.33. The number of thiophene rings is 1. The van der Waals surface area contributed by atoms with Crippen molar-refractivity contribution in [2.75, 3.05) is 10.6 Å². The summed E-state index contributed by atoms with van der Waals surface area (Å²) >= 11 is 7.41. The van der Waals surface area contributed by atoms with Gasteiger partial charge in [0.2, 0.25) is 5.95 Å². The van der Waals surface area contributed by atoms with Crippen LogP contribution in [0.25, 0.3) is 5.70 Å². The second-order valence-corrected chi connectivity index (χ2v) is 8.09. The van der Waals surface area contributed by atoms with Crippen molar-refractivity contribution in [2.24, 2.45) is 0 Å². The van der Waals surface area contributed by atoms with Gasteiger partial charge in [-0.05, 0) is 40.8 Å². The van der Waals surface area contributed by atoms with E-state index in [-0.39, 0.29) is 17.9 Å². The molecule has 6 nitrogen and oxygen atoms in total. The largest absolute Gasteiger partial charge is 0.324 e. The number of allylic oxidation sites excluding steroid dienone is 1. The molecule has 0 saturated heterocycles. The number of nitrogens with one attached hydrogen (secondary N) is 2. The monoisotopic (exact) mass is 433 g/mol. The summed E-state index contributed by atoms with van der Waals surface area (Å²) in [5.41, 5.74) is 2.95. The van der Waals surface area contributed by atoms with E-state index in [1.54, 1.807) is 10.7 Å². The summed E-state index contributed by atoms with van der Waals surface area (Å²) in [5.74, 6) is 0.579. The van der Waals surface area contributed by atoms with Gasteiger partial charge in [0.1, 0.15) is 6.04 Å². The van der Waals surface area contributed by atoms with Crippen LogP contribution >= 0.6 is 22.9 Å². The van der Waals surface area contributed by atoms with Crippen LogP contribution in [0.5, 0.6) is 0 Å². The minimum atomic E-state index is -0.227. The zero-order valence-corrected chi connectivity index (χ0v) is 17.2. The quantitative estimate of drug-likeness (QED) is 0.458. The number of carbonyl (C=O) groups is 1. The van der Waals surface area contributed by atoms with E-state index in [2.05, 4.69) is 26.8 Å². The van der Waals surface area contributed by atoms with Gasteiger partial charge in [-0.25, -0.2) is 4.68 Å². The van der Waals surface area contributed by atoms with E-state index in [4.69, 9.17) is 11.6 Å². The maximum Gasteiger partial charge on any atom is 0.268 e. The van der Waals surface area contributed by atoms with Crippen molar-refractivity contribution in [2.45, 2.75) is 6.04 Å². The first-order chi connectivity index (χ1) is 14.7. The molecule has 0 fully saturated rings. The van der Waals surface area contributed by atoms with Crippen LogP contribution in [-0.4, -0.2) is 20.7 Å². The lowest BCUT2D eigenvalue weighted by Crippen LogP contribution is -2.20. The molecule has 0 radical (unpaired) electrons. The number of amides is 1. The first kappa shape index (κ1) is 18.6. The van der Waals surface area contributed by atoms with Crippen LogP contribution in [0, 0.1) is 0 Å². The number of hydrogen-bond donors (Lipinski definition) is 2. The van der Waals surface area contributed by atoms with Gasteiger partial charge in [-0.2, -0.15) is 4.98 Å². The number of halogens is 1. The molecule has 8 heteroatoms. The van der Waals surface area contributed by atoms with Gasteiger partial charge >= 0.3 is 0 Å². The molecule has 0 aliphatic carbocycles. The molecule has 148 valence electrons. The number of benzene rings is 2. The predicted octanol–water partition coefficient (Wildman–Crippen LogP) is 5.30. The van der Waals surface area contributed by atoms with E-state index in [1.807, 2.05) is 66.0 Å². The van der Waals surface area contributed by atoms with Crippen LogP contribution in [-0.2, 0) is 0 Å². The van der Waals surface area contributed by atoms with Crippen LogP contribution in [0.2, 0.25) is 5.02 Å². The number of nitrogens with zero attached hydrogens (tertiary/aromatic N) is 3. The van der Waals surface area contributed by atoms with Gasteiger partial charge in [-0.15, -0.1) is 16.4 Å². The van der Waals surface area contributed by atoms with Crippen LogP contribution in [0.3, 0.4) is 0 Å². The summed E-state index contributed by atoms with van der Waals surface area (Å²) in [4.78, 5) is 17.5. The molecule has 4 aromatic rings. The molecule has 0 spiro atoms. The fraction of sp³-hybridized carbons (Fsp3) is 0.0455. The van der Waals surface area contributed by atoms with Gasteiger partial charge in [-0.1, -0.05) is 60.1 Å². The average Bonchev–Trinajstić information content (AvgIpc) is 3.44. The van der Waals surface area contributed by atoms with Crippen molar-refractivity contribution in [3.8, 4) is 0 Å². The van der Waals surface area contributed by atoms with Crippen molar-refractivity contribution in [1.82, 2.24) is 14.8 Å². The SMILES string of the molecule is O=C(Nc1nc2n(n1)C(c1ccccc1)C=C(c1ccc(Cl)cc1)N2)c1cccs1. The zero-order chi connectivity index (χ0) is 20.5. The summed E-state index contributed by atoms with van der Waals surface area (Å²) < 4.78 is 1.78. The highest BCUT2D eigenvalue weighted by molar-refractivity contribution is 7.12. The predicted molar refractivity (Wildman–Crippen MR) is 120 cm³/mol. The molecule has 0 bridgehead atoms. The number of carbonyl (C=O) groups excluding carboxylic acids is 1. The summed E-state index contributed by atoms with van der Waals surface area (Å²) in [7, 11) is 0. The Balaban J connectivity index is 1.52. The van der Waals surface area contributed by atoms with Gasteiger partial charge < -0.3 is 5.32 Å². The van der Waals surface area contributed by atoms with Crippen molar-refractivity contribution >= 4 is 46.4 Å². The Hall–Kier alpha value is -3.42. The van der Waals surface area contributed by atoms with Gasteiger partial charge in [0.25, 0.3) is 11.9 Å². The molecule has 1 atom stereocenters. The van der Waals surface area contributed by atoms with Crippen molar-refractivity contribution < 1.29 is 4.79 Å². The molecule has 2 N–H and O–H groups in total. The molecule has 0 saturated carbocycles. The number of rotatable bonds is 4. The van der Waals surface area contributed by atoms with Crippen LogP contribution < -0.4 is 10.6 Å². The van der Waals surface area contributed by atoms with Gasteiger partial charge in [0.05, 0.1) is 4.88 Å². The number of aromatic nitrogens is 3. The molecule has 2 aromatic carbocycles. The average molecular weight is 434 g/mol. The maximum atomic E-state index is 12.4. The Labute approximate surface area is 181 Å². The van der Waals surface area contributed by atoms with E-state index in [0.29, 0.717) is 15.8 Å². The molecule has 2 aromatic heterocycles. The molecule has 1 aliphatic heterocycles. The van der Waals surface area contributed by atoms with E-state index in [9.17, 15) is 4.79 Å². The molecular weight excluding hydrogens is 418 g/mol. The summed E-state index contributed by atoms with van der Waals surface area (Å²) in [6.07, 6.45) is 2.09. The highest BCUT2D eigenvalue weighted by Gasteiger charge is 2.26. The topological polar surface area (TPSA) is 71.8 Å². The first-order valence-electron chi connectivity index (χ1n) is 9.28. The Morgan fingerprint density at radius 2 is 1.87 bits per heavy atom. The van der Waals surface area contributed by atoms with E-state index >= 15 is 0 Å². The van der Waals surface area contributed by atoms with E-state index < -0.39 is 0 Å². The lowest BCUT2D eigenvalue weighted by atomic mass is 10.0. The van der Waals surface area contributed by atoms with Gasteiger partial charge in [0.15, 0.2) is 0 Å². The van der Waals surface area contributed by atoms with Crippen molar-refractivity contribution in [3.63, 3.8) is 0 Å². The lowest BCUT2D eigenvalue weighted by Gasteiger charge is -2.24. The van der Waals surface area contributed by atoms with Crippen molar-refractivity contribution in [3.05, 3.63) is 99.2 Å². The summed E-state index contributed by atoms with van der Waals surface area (Å²) in [5, 5.41) is 13.2. The fourth-order valence-electron chi connectivity index (χ4n) is 3.30. The molecule has 1 amide bonds. The van der Waals surface area contributed by atoms with Crippen molar-refractivity contribution in [1.29, 1.82) is 0 Å². The smallest absolute Gasteiger partial charge is 0.268 e. The first-order valence-corrected chi connectivity index (χ1v) is 10.5. The standard InChI is InChI=1S/C22H16ClN5OS/c23-16-10-8-14(9-11-16)17-13-18(15-5-2-1-3-6-15)28-22(24-17)26-21(27-28)25-20(29)19-7-4-12-30-19/h1-13,18H,(H2,24,25,26,27,29). The minimum absolute atomic E-state index is 0.173. The number of fused-ring (bicyclic) bond motifs is 1. The third kappa shape index (κ3) is 3.60. The Morgan fingerprint density at radius 3 is 2.60 bits per heavy atom. The molecule has 3 heterocycles. The molecule has 1 aliphatic rings. The Kier molecular flexibility index (Phi) is 4.82. The second kappa shape index (κ2) is 7.78. The fourth-order valence-corrected chi connectivity index (χ4v) is 4.05. The van der Waals surface area contributed by atoms with E-state index in [0.717, 1.165) is 16.8 Å². The van der Waals surface area contributed by atoms with Crippen LogP contribution in [0.15, 0.2) is 78.2 Å². The third-order valence-corrected chi connectivity index (χ3v) is 5.85. The van der Waals surface area contributed by atoms with E-state index in [1.165, 1.54) is 11.3 Å². The number of anilines is 2. The lowest BCUT2D eigenvalue weighted by molar-refractivity contribution is 0.102. The summed E-state index contributed by atoms with van der Waals surface area (Å²) in [6, 6.07) is 21.1. The molecular formula is C22H16ClN5OS. The van der Waals surface area contributed by atoms with Crippen LogP contribution in [0.4, 0.5) is 11.9 Å². The Bertz CT molecular complexity index is 1220. The van der Waals surface area contributed by atoms with Crippen LogP contribution in [0.1, 0.15) is 26.8 Å². The maximum absolute atomic E-state index is 12.4. The molecule has 1 unspecified atom stereocenters. The normalized spacial score (nSPS) is 15.1. The molecule has 30 heavy (non-hydrogen) atoms. The van der Waals surface area contributed by atoms with Gasteiger partial charge in [0, 0.05) is 10.7 Å². The number of hydrogen-bond acceptors (Lipinski definition) is 5. The summed E-state index contributed by atoms with van der Waals surface area (Å²) in [6.45, 7) is 0. The highest BCUT2D eigenvalue weighted by atomic mass is 35.5. The minimum Gasteiger partial charge on any atom is -0.324 e. The molecule has 5 rings (SSSR count). The second-order valence-electron chi connectivity index (χ2n) is 6.70. The zero-order valence-electron chi connectivity index (χ0n) is 15.6.